The van der Waals surface area contributed by atoms with Crippen LogP contribution in [0, 0.1) is 0 Å². The molecule has 4 heteroatoms. The molecule has 0 fully saturated rings. The third-order valence-corrected chi connectivity index (χ3v) is 4.00. The molecule has 116 valence electrons. The Kier molecular flexibility index (Phi) is 14.5. The summed E-state index contributed by atoms with van der Waals surface area (Å²) in [7, 11) is -0.817. The van der Waals surface area contributed by atoms with Crippen LogP contribution >= 0.6 is 0 Å². The molecule has 2 unspecified atom stereocenters. The molecule has 0 radical (unpaired) electrons. The highest BCUT2D eigenvalue weighted by atomic mass is 32.2. The normalized spacial score (nSPS) is 14.5. The molecule has 0 rings (SSSR count). The lowest BCUT2D eigenvalue weighted by atomic mass is 10.1. The molecule has 0 saturated carbocycles. The quantitative estimate of drug-likeness (QED) is 0.500. The van der Waals surface area contributed by atoms with Crippen molar-refractivity contribution in [2.75, 3.05) is 25.2 Å². The molecule has 1 N–H and O–H groups in total. The largest absolute Gasteiger partial charge is 0.391 e. The van der Waals surface area contributed by atoms with E-state index in [1.165, 1.54) is 44.9 Å². The van der Waals surface area contributed by atoms with E-state index < -0.39 is 16.9 Å². The van der Waals surface area contributed by atoms with Crippen LogP contribution in [0.1, 0.15) is 64.7 Å². The van der Waals surface area contributed by atoms with E-state index in [9.17, 15) is 9.32 Å². The number of aliphatic hydroxyl groups excluding tert-OH is 1. The first-order valence-corrected chi connectivity index (χ1v) is 9.45. The van der Waals surface area contributed by atoms with Gasteiger partial charge in [-0.2, -0.15) is 0 Å². The molecule has 0 aliphatic rings. The summed E-state index contributed by atoms with van der Waals surface area (Å²) in [5.74, 6) is 0.558. The second kappa shape index (κ2) is 14.5. The highest BCUT2D eigenvalue weighted by molar-refractivity contribution is 7.84. The Morgan fingerprint density at radius 3 is 2.21 bits per heavy atom. The third kappa shape index (κ3) is 16.0. The standard InChI is InChI=1S/C15H32O3S/c1-3-4-5-6-7-8-9-10-12-18-14-15(16)11-13-19(2)17/h15-16H,3-14H2,1-2H3. The first-order valence-electron chi connectivity index (χ1n) is 7.72. The van der Waals surface area contributed by atoms with Crippen LogP contribution in [0.25, 0.3) is 0 Å². The summed E-state index contributed by atoms with van der Waals surface area (Å²) in [6.07, 6.45) is 12.1. The highest BCUT2D eigenvalue weighted by Gasteiger charge is 2.05. The van der Waals surface area contributed by atoms with Crippen LogP contribution in [0.5, 0.6) is 0 Å². The zero-order valence-electron chi connectivity index (χ0n) is 12.7. The zero-order valence-corrected chi connectivity index (χ0v) is 13.6. The van der Waals surface area contributed by atoms with E-state index in [0.29, 0.717) is 18.8 Å². The maximum Gasteiger partial charge on any atom is 0.0782 e. The zero-order chi connectivity index (χ0) is 14.3. The van der Waals surface area contributed by atoms with Crippen LogP contribution in [-0.2, 0) is 15.5 Å². The summed E-state index contributed by atoms with van der Waals surface area (Å²) >= 11 is 0. The molecule has 0 aliphatic carbocycles. The smallest absolute Gasteiger partial charge is 0.0782 e. The Bertz CT molecular complexity index is 210. The van der Waals surface area contributed by atoms with Crippen LogP contribution in [0.2, 0.25) is 0 Å². The molecule has 2 atom stereocenters. The second-order valence-corrected chi connectivity index (χ2v) is 6.82. The summed E-state index contributed by atoms with van der Waals surface area (Å²) in [4.78, 5) is 0. The number of rotatable bonds is 14. The third-order valence-electron chi connectivity index (χ3n) is 3.19. The van der Waals surface area contributed by atoms with E-state index in [1.54, 1.807) is 6.26 Å². The van der Waals surface area contributed by atoms with E-state index in [2.05, 4.69) is 6.92 Å². The lowest BCUT2D eigenvalue weighted by Crippen LogP contribution is -2.18. The van der Waals surface area contributed by atoms with Gasteiger partial charge in [0.05, 0.1) is 12.7 Å². The lowest BCUT2D eigenvalue weighted by molar-refractivity contribution is 0.0339. The molecule has 0 aromatic rings. The van der Waals surface area contributed by atoms with E-state index in [0.717, 1.165) is 13.0 Å². The van der Waals surface area contributed by atoms with E-state index in [1.807, 2.05) is 0 Å². The van der Waals surface area contributed by atoms with Gasteiger partial charge in [0.15, 0.2) is 0 Å². The van der Waals surface area contributed by atoms with Crippen LogP contribution < -0.4 is 0 Å². The molecule has 0 bridgehead atoms. The molecule has 19 heavy (non-hydrogen) atoms. The molecular weight excluding hydrogens is 260 g/mol. The van der Waals surface area contributed by atoms with Crippen LogP contribution in [0.15, 0.2) is 0 Å². The topological polar surface area (TPSA) is 46.5 Å². The Morgan fingerprint density at radius 1 is 1.05 bits per heavy atom. The number of hydrogen-bond acceptors (Lipinski definition) is 3. The van der Waals surface area contributed by atoms with Gasteiger partial charge in [-0.05, 0) is 12.8 Å². The van der Waals surface area contributed by atoms with Gasteiger partial charge in [-0.3, -0.25) is 4.21 Å². The van der Waals surface area contributed by atoms with Gasteiger partial charge in [0.2, 0.25) is 0 Å². The molecule has 0 aromatic carbocycles. The molecule has 0 amide bonds. The van der Waals surface area contributed by atoms with Crippen molar-refractivity contribution >= 4 is 10.8 Å². The minimum Gasteiger partial charge on any atom is -0.391 e. The summed E-state index contributed by atoms with van der Waals surface area (Å²) in [6.45, 7) is 3.36. The fourth-order valence-electron chi connectivity index (χ4n) is 1.94. The molecule has 0 aliphatic heterocycles. The van der Waals surface area contributed by atoms with Crippen molar-refractivity contribution in [3.63, 3.8) is 0 Å². The Hall–Kier alpha value is 0.0700. The molecule has 0 heterocycles. The van der Waals surface area contributed by atoms with Gasteiger partial charge < -0.3 is 9.84 Å². The Morgan fingerprint density at radius 2 is 1.63 bits per heavy atom. The van der Waals surface area contributed by atoms with Crippen molar-refractivity contribution in [3.05, 3.63) is 0 Å². The van der Waals surface area contributed by atoms with Gasteiger partial charge in [-0.25, -0.2) is 0 Å². The SMILES string of the molecule is CCCCCCCCCCOCC(O)CCS(C)=O. The van der Waals surface area contributed by atoms with E-state index >= 15 is 0 Å². The highest BCUT2D eigenvalue weighted by Crippen LogP contribution is 2.08. The van der Waals surface area contributed by atoms with E-state index in [-0.39, 0.29) is 0 Å². The van der Waals surface area contributed by atoms with E-state index in [4.69, 9.17) is 4.74 Å². The molecule has 0 aromatic heterocycles. The van der Waals surface area contributed by atoms with Crippen molar-refractivity contribution in [1.29, 1.82) is 0 Å². The Labute approximate surface area is 121 Å². The van der Waals surface area contributed by atoms with Gasteiger partial charge in [0.1, 0.15) is 0 Å². The Balaban J connectivity index is 3.11. The van der Waals surface area contributed by atoms with Crippen molar-refractivity contribution < 1.29 is 14.1 Å². The fourth-order valence-corrected chi connectivity index (χ4v) is 2.55. The fraction of sp³-hybridized carbons (Fsp3) is 1.00. The van der Waals surface area contributed by atoms with Gasteiger partial charge in [-0.15, -0.1) is 0 Å². The second-order valence-electron chi connectivity index (χ2n) is 5.27. The molecule has 0 saturated heterocycles. The number of unbranched alkanes of at least 4 members (excludes halogenated alkanes) is 7. The van der Waals surface area contributed by atoms with Crippen LogP contribution in [0.3, 0.4) is 0 Å². The van der Waals surface area contributed by atoms with Crippen molar-refractivity contribution in [2.45, 2.75) is 70.8 Å². The minimum absolute atomic E-state index is 0.383. The van der Waals surface area contributed by atoms with Gasteiger partial charge >= 0.3 is 0 Å². The number of aliphatic hydroxyl groups is 1. The first-order chi connectivity index (χ1) is 9.16. The predicted molar refractivity (Wildman–Crippen MR) is 83.0 cm³/mol. The van der Waals surface area contributed by atoms with Crippen LogP contribution in [0.4, 0.5) is 0 Å². The first kappa shape index (κ1) is 19.1. The van der Waals surface area contributed by atoms with Gasteiger partial charge in [-0.1, -0.05) is 51.9 Å². The minimum atomic E-state index is -0.817. The molecule has 3 nitrogen and oxygen atoms in total. The van der Waals surface area contributed by atoms with Gasteiger partial charge in [0, 0.05) is 29.4 Å². The monoisotopic (exact) mass is 292 g/mol. The van der Waals surface area contributed by atoms with Crippen molar-refractivity contribution in [2.24, 2.45) is 0 Å². The summed E-state index contributed by atoms with van der Waals surface area (Å²) < 4.78 is 16.3. The summed E-state index contributed by atoms with van der Waals surface area (Å²) in [5.41, 5.74) is 0. The van der Waals surface area contributed by atoms with Crippen molar-refractivity contribution in [3.8, 4) is 0 Å². The average molecular weight is 292 g/mol. The van der Waals surface area contributed by atoms with Crippen LogP contribution in [-0.4, -0.2) is 40.6 Å². The maximum atomic E-state index is 10.8. The number of ether oxygens (including phenoxy) is 1. The van der Waals surface area contributed by atoms with Crippen molar-refractivity contribution in [1.82, 2.24) is 0 Å². The maximum absolute atomic E-state index is 10.8. The summed E-state index contributed by atoms with van der Waals surface area (Å²) in [6, 6.07) is 0. The lowest BCUT2D eigenvalue weighted by Gasteiger charge is -2.10. The van der Waals surface area contributed by atoms with Gasteiger partial charge in [0.25, 0.3) is 0 Å². The summed E-state index contributed by atoms with van der Waals surface area (Å²) in [5, 5.41) is 9.56. The molecular formula is C15H32O3S. The number of hydrogen-bond donors (Lipinski definition) is 1. The predicted octanol–water partition coefficient (Wildman–Crippen LogP) is 3.27. The molecule has 0 spiro atoms. The average Bonchev–Trinajstić information content (AvgIpc) is 2.38.